The summed E-state index contributed by atoms with van der Waals surface area (Å²) in [5, 5.41) is 18.6. The van der Waals surface area contributed by atoms with Crippen LogP contribution in [0.15, 0.2) is 30.7 Å². The van der Waals surface area contributed by atoms with E-state index in [4.69, 9.17) is 28.7 Å². The highest BCUT2D eigenvalue weighted by Gasteiger charge is 2.39. The molecule has 1 fully saturated rings. The van der Waals surface area contributed by atoms with E-state index in [0.717, 1.165) is 55.6 Å². The summed E-state index contributed by atoms with van der Waals surface area (Å²) in [5.41, 5.74) is 2.75. The van der Waals surface area contributed by atoms with Crippen LogP contribution in [0.2, 0.25) is 0 Å². The molecule has 0 saturated heterocycles. The lowest BCUT2D eigenvalue weighted by Crippen LogP contribution is -2.46. The first-order valence-corrected chi connectivity index (χ1v) is 19.5. The smallest absolute Gasteiger partial charge is 0.251 e. The van der Waals surface area contributed by atoms with E-state index < -0.39 is 6.04 Å². The van der Waals surface area contributed by atoms with Crippen LogP contribution in [-0.2, 0) is 28.5 Å². The average Bonchev–Trinajstić information content (AvgIpc) is 3.90. The largest absolute Gasteiger partial charge is 0.495 e. The van der Waals surface area contributed by atoms with Gasteiger partial charge in [0.25, 0.3) is 5.91 Å². The van der Waals surface area contributed by atoms with Crippen LogP contribution in [0.5, 0.6) is 5.75 Å². The van der Waals surface area contributed by atoms with Crippen molar-refractivity contribution >= 4 is 35.6 Å². The minimum Gasteiger partial charge on any atom is -0.495 e. The fourth-order valence-corrected chi connectivity index (χ4v) is 6.91. The highest BCUT2D eigenvalue weighted by Crippen LogP contribution is 2.44. The predicted octanol–water partition coefficient (Wildman–Crippen LogP) is 4.03. The molecule has 2 aromatic heterocycles. The van der Waals surface area contributed by atoms with Gasteiger partial charge in [0.2, 0.25) is 11.9 Å². The molecule has 1 aliphatic carbocycles. The first kappa shape index (κ1) is 43.0. The summed E-state index contributed by atoms with van der Waals surface area (Å²) in [6.45, 7) is 10.2. The molecule has 0 radical (unpaired) electrons. The number of hydrogen-bond acceptors (Lipinski definition) is 14. The Kier molecular flexibility index (Phi) is 15.7. The van der Waals surface area contributed by atoms with Crippen molar-refractivity contribution in [3.05, 3.63) is 47.7 Å². The maximum absolute atomic E-state index is 12.9. The minimum atomic E-state index is -0.579. The van der Waals surface area contributed by atoms with Gasteiger partial charge in [-0.15, -0.1) is 0 Å². The molecule has 0 spiro atoms. The van der Waals surface area contributed by atoms with E-state index in [1.165, 1.54) is 7.11 Å². The van der Waals surface area contributed by atoms with Crippen LogP contribution < -0.4 is 25.6 Å². The number of imidazole rings is 1. The Hall–Kier alpha value is -5.15. The highest BCUT2D eigenvalue weighted by atomic mass is 16.6. The maximum Gasteiger partial charge on any atom is 0.251 e. The van der Waals surface area contributed by atoms with Crippen molar-refractivity contribution in [1.82, 2.24) is 30.2 Å². The fourth-order valence-electron chi connectivity index (χ4n) is 6.91. The van der Waals surface area contributed by atoms with Gasteiger partial charge < -0.3 is 49.3 Å². The van der Waals surface area contributed by atoms with E-state index in [9.17, 15) is 19.6 Å². The first-order chi connectivity index (χ1) is 27.6. The van der Waals surface area contributed by atoms with Crippen molar-refractivity contribution in [1.29, 1.82) is 5.26 Å². The maximum atomic E-state index is 12.9. The molecular formula is C40H55N9O8. The van der Waals surface area contributed by atoms with Crippen LogP contribution in [0.3, 0.4) is 0 Å². The molecule has 17 heteroatoms. The van der Waals surface area contributed by atoms with Crippen LogP contribution in [0.1, 0.15) is 87.6 Å². The summed E-state index contributed by atoms with van der Waals surface area (Å²) in [4.78, 5) is 52.4. The third kappa shape index (κ3) is 11.3. The summed E-state index contributed by atoms with van der Waals surface area (Å²) in [5.74, 6) is 1.01. The van der Waals surface area contributed by atoms with Gasteiger partial charge in [0, 0.05) is 18.2 Å². The average molecular weight is 790 g/mol. The monoisotopic (exact) mass is 789 g/mol. The molecular weight excluding hydrogens is 734 g/mol. The van der Waals surface area contributed by atoms with E-state index in [2.05, 4.69) is 43.8 Å². The topological polar surface area (TPSA) is 204 Å². The Labute approximate surface area is 333 Å². The number of carbonyl (C=O) groups is 3. The highest BCUT2D eigenvalue weighted by molar-refractivity contribution is 5.95. The second-order valence-electron chi connectivity index (χ2n) is 14.9. The number of nitriles is 1. The fraction of sp³-hybridized carbons (Fsp3) is 0.575. The van der Waals surface area contributed by atoms with Crippen LogP contribution in [0.25, 0.3) is 5.69 Å². The Morgan fingerprint density at radius 1 is 1.02 bits per heavy atom. The molecule has 3 N–H and O–H groups in total. The van der Waals surface area contributed by atoms with Gasteiger partial charge in [-0.3, -0.25) is 14.2 Å². The molecule has 2 atom stereocenters. The number of nitrogens with one attached hydrogen (secondary N) is 3. The van der Waals surface area contributed by atoms with Crippen molar-refractivity contribution in [2.24, 2.45) is 5.41 Å². The second-order valence-corrected chi connectivity index (χ2v) is 14.9. The Morgan fingerprint density at radius 2 is 1.70 bits per heavy atom. The number of rotatable bonds is 22. The molecule has 2 amide bonds. The molecule has 5 rings (SSSR count). The Bertz CT molecular complexity index is 1850. The molecule has 308 valence electrons. The Morgan fingerprint density at radius 3 is 2.33 bits per heavy atom. The number of hydrogen-bond donors (Lipinski definition) is 3. The van der Waals surface area contributed by atoms with Crippen molar-refractivity contribution in [3.63, 3.8) is 0 Å². The standard InChI is InChI=1S/C40H55N9O8/c1-6-31-36-30(22-41)44-26-48(36)32-23-43-39(47-37(32)49(31)28-9-7-8-10-28)45-29-12-11-27(21-33(29)53-5)38(52)42-13-14-54-15-16-55-17-18-56-19-20-57-25-35(51)46-34(24-50)40(2,3)4/h11-12,21,23-24,26,28,31,34H,6-10,13-20,25H2,1-5H3,(H,42,52)(H,46,51)(H,43,45,47)/t31-,34-/m1/s1. The predicted molar refractivity (Wildman–Crippen MR) is 211 cm³/mol. The van der Waals surface area contributed by atoms with Gasteiger partial charge in [-0.2, -0.15) is 10.2 Å². The lowest BCUT2D eigenvalue weighted by atomic mass is 9.88. The molecule has 17 nitrogen and oxygen atoms in total. The molecule has 3 aromatic rings. The van der Waals surface area contributed by atoms with Crippen LogP contribution in [0.4, 0.5) is 17.5 Å². The van der Waals surface area contributed by atoms with E-state index in [1.54, 1.807) is 30.7 Å². The minimum absolute atomic E-state index is 0.0386. The van der Waals surface area contributed by atoms with Gasteiger partial charge in [0.05, 0.1) is 83.0 Å². The molecule has 1 aliphatic heterocycles. The number of ether oxygens (including phenoxy) is 5. The molecule has 1 saturated carbocycles. The molecule has 0 unspecified atom stereocenters. The van der Waals surface area contributed by atoms with Gasteiger partial charge in [-0.05, 0) is 42.9 Å². The number of fused-ring (bicyclic) bond motifs is 3. The number of methoxy groups -OCH3 is 1. The first-order valence-electron chi connectivity index (χ1n) is 19.5. The summed E-state index contributed by atoms with van der Waals surface area (Å²) >= 11 is 0. The third-order valence-electron chi connectivity index (χ3n) is 9.90. The molecule has 2 aliphatic rings. The lowest BCUT2D eigenvalue weighted by Gasteiger charge is -2.41. The van der Waals surface area contributed by atoms with Crippen molar-refractivity contribution in [2.75, 3.05) is 76.7 Å². The van der Waals surface area contributed by atoms with E-state index in [-0.39, 0.29) is 36.5 Å². The zero-order valence-corrected chi connectivity index (χ0v) is 33.5. The van der Waals surface area contributed by atoms with Gasteiger partial charge >= 0.3 is 0 Å². The van der Waals surface area contributed by atoms with Crippen molar-refractivity contribution < 1.29 is 38.1 Å². The molecule has 0 bridgehead atoms. The Balaban J connectivity index is 1.01. The van der Waals surface area contributed by atoms with Crippen LogP contribution >= 0.6 is 0 Å². The summed E-state index contributed by atoms with van der Waals surface area (Å²) in [6.07, 6.45) is 9.38. The van der Waals surface area contributed by atoms with Gasteiger partial charge in [0.15, 0.2) is 11.5 Å². The molecule has 1 aromatic carbocycles. The van der Waals surface area contributed by atoms with Crippen molar-refractivity contribution in [2.45, 2.75) is 77.9 Å². The number of anilines is 3. The van der Waals surface area contributed by atoms with Gasteiger partial charge in [-0.1, -0.05) is 40.5 Å². The number of aldehydes is 1. The second kappa shape index (κ2) is 20.8. The SMILES string of the molecule is CC[C@@H]1c2c(C#N)ncn2-c2cnc(Nc3ccc(C(=O)NCCOCCOCCOCCOCC(=O)N[C@H](C=O)C(C)(C)C)cc3OC)nc2N1C1CCCC1. The van der Waals surface area contributed by atoms with Gasteiger partial charge in [0.1, 0.15) is 36.7 Å². The zero-order chi connectivity index (χ0) is 40.8. The number of amides is 2. The lowest BCUT2D eigenvalue weighted by molar-refractivity contribution is -0.130. The third-order valence-corrected chi connectivity index (χ3v) is 9.90. The number of nitrogens with zero attached hydrogens (tertiary/aromatic N) is 6. The normalized spacial score (nSPS) is 15.6. The summed E-state index contributed by atoms with van der Waals surface area (Å²) < 4.78 is 29.4. The van der Waals surface area contributed by atoms with Crippen LogP contribution in [-0.4, -0.2) is 116 Å². The number of benzene rings is 1. The van der Waals surface area contributed by atoms with Crippen molar-refractivity contribution in [3.8, 4) is 17.5 Å². The number of aromatic nitrogens is 4. The summed E-state index contributed by atoms with van der Waals surface area (Å²) in [6, 6.07) is 7.07. The van der Waals surface area contributed by atoms with E-state index in [1.807, 2.05) is 25.3 Å². The van der Waals surface area contributed by atoms with Gasteiger partial charge in [-0.25, -0.2) is 9.97 Å². The summed E-state index contributed by atoms with van der Waals surface area (Å²) in [7, 11) is 1.54. The number of carbonyl (C=O) groups excluding carboxylic acids is 3. The molecule has 3 heterocycles. The van der Waals surface area contributed by atoms with Crippen LogP contribution in [0, 0.1) is 16.7 Å². The van der Waals surface area contributed by atoms with E-state index >= 15 is 0 Å². The quantitative estimate of drug-likeness (QED) is 0.0972. The molecule has 57 heavy (non-hydrogen) atoms. The van der Waals surface area contributed by atoms with E-state index in [0.29, 0.717) is 80.9 Å². The zero-order valence-electron chi connectivity index (χ0n) is 33.5.